The Labute approximate surface area is 207 Å². The fourth-order valence-electron chi connectivity index (χ4n) is 4.22. The number of aromatic nitrogens is 1. The Morgan fingerprint density at radius 1 is 1.06 bits per heavy atom. The number of carboxylic acid groups (broad SMARTS) is 1. The van der Waals surface area contributed by atoms with Crippen LogP contribution in [0.2, 0.25) is 0 Å². The summed E-state index contributed by atoms with van der Waals surface area (Å²) in [6.45, 7) is 4.09. The van der Waals surface area contributed by atoms with Gasteiger partial charge in [0.25, 0.3) is 5.91 Å². The van der Waals surface area contributed by atoms with E-state index >= 15 is 0 Å². The largest absolute Gasteiger partial charge is 0.480 e. The Hall–Kier alpha value is -3.72. The predicted octanol–water partition coefficient (Wildman–Crippen LogP) is 4.41. The maximum absolute atomic E-state index is 12.4. The summed E-state index contributed by atoms with van der Waals surface area (Å²) in [5.41, 5.74) is 4.58. The number of rotatable bonds is 9. The number of fused-ring (bicyclic) bond motifs is 3. The molecule has 0 radical (unpaired) electrons. The summed E-state index contributed by atoms with van der Waals surface area (Å²) in [5, 5.41) is 15.0. The average Bonchev–Trinajstić information content (AvgIpc) is 3.44. The third-order valence-corrected chi connectivity index (χ3v) is 6.81. The van der Waals surface area contributed by atoms with Crippen molar-refractivity contribution in [2.45, 2.75) is 38.8 Å². The zero-order chi connectivity index (χ0) is 24.9. The Morgan fingerprint density at radius 3 is 2.29 bits per heavy atom. The predicted molar refractivity (Wildman–Crippen MR) is 132 cm³/mol. The van der Waals surface area contributed by atoms with Crippen LogP contribution in [0.3, 0.4) is 0 Å². The second kappa shape index (κ2) is 10.7. The highest BCUT2D eigenvalue weighted by molar-refractivity contribution is 7.13. The molecule has 0 unspecified atom stereocenters. The van der Waals surface area contributed by atoms with Gasteiger partial charge in [-0.05, 0) is 34.6 Å². The van der Waals surface area contributed by atoms with E-state index in [1.807, 2.05) is 38.1 Å². The van der Waals surface area contributed by atoms with Gasteiger partial charge < -0.3 is 20.5 Å². The van der Waals surface area contributed by atoms with Gasteiger partial charge in [0.05, 0.1) is 12.7 Å². The number of nitrogens with one attached hydrogen (secondary N) is 2. The van der Waals surface area contributed by atoms with E-state index in [0.29, 0.717) is 11.4 Å². The maximum Gasteiger partial charge on any atom is 0.407 e. The molecule has 2 aromatic carbocycles. The fraction of sp³-hybridized carbons (Fsp3) is 0.308. The molecular weight excluding hydrogens is 466 g/mol. The minimum atomic E-state index is -1.08. The average molecular weight is 494 g/mol. The fourth-order valence-corrected chi connectivity index (χ4v) is 4.98. The first kappa shape index (κ1) is 24.4. The number of ether oxygens (including phenoxy) is 1. The van der Waals surface area contributed by atoms with Crippen molar-refractivity contribution in [3.63, 3.8) is 0 Å². The molecule has 1 aliphatic rings. The summed E-state index contributed by atoms with van der Waals surface area (Å²) >= 11 is 1.09. The van der Waals surface area contributed by atoms with Gasteiger partial charge in [-0.25, -0.2) is 14.6 Å². The van der Waals surface area contributed by atoms with E-state index in [0.717, 1.165) is 33.6 Å². The van der Waals surface area contributed by atoms with Crippen molar-refractivity contribution < 1.29 is 24.2 Å². The minimum absolute atomic E-state index is 0.0312. The van der Waals surface area contributed by atoms with Crippen LogP contribution in [0.4, 0.5) is 4.79 Å². The molecule has 1 atom stereocenters. The summed E-state index contributed by atoms with van der Waals surface area (Å²) in [6.07, 6.45) is 1.13. The molecular formula is C26H27N3O5S. The van der Waals surface area contributed by atoms with Crippen molar-refractivity contribution in [3.05, 3.63) is 75.7 Å². The van der Waals surface area contributed by atoms with Gasteiger partial charge >= 0.3 is 12.1 Å². The molecule has 0 fully saturated rings. The summed E-state index contributed by atoms with van der Waals surface area (Å²) in [4.78, 5) is 40.6. The van der Waals surface area contributed by atoms with E-state index in [9.17, 15) is 19.5 Å². The third kappa shape index (κ3) is 5.68. The first-order valence-corrected chi connectivity index (χ1v) is 12.2. The number of nitrogens with zero attached hydrogens (tertiary/aromatic N) is 1. The smallest absolute Gasteiger partial charge is 0.407 e. The number of hydrogen-bond donors (Lipinski definition) is 3. The van der Waals surface area contributed by atoms with Crippen LogP contribution in [0, 0.1) is 5.92 Å². The molecule has 1 aliphatic carbocycles. The van der Waals surface area contributed by atoms with E-state index in [4.69, 9.17) is 4.74 Å². The number of carboxylic acids is 1. The van der Waals surface area contributed by atoms with Gasteiger partial charge in [-0.2, -0.15) is 0 Å². The Bertz CT molecular complexity index is 1190. The van der Waals surface area contributed by atoms with Gasteiger partial charge in [-0.15, -0.1) is 11.3 Å². The van der Waals surface area contributed by atoms with Crippen LogP contribution in [0.1, 0.15) is 52.0 Å². The second-order valence-corrected chi connectivity index (χ2v) is 9.91. The van der Waals surface area contributed by atoms with Crippen molar-refractivity contribution in [1.82, 2.24) is 15.6 Å². The van der Waals surface area contributed by atoms with Gasteiger partial charge in [0.2, 0.25) is 0 Å². The van der Waals surface area contributed by atoms with Crippen LogP contribution in [0.25, 0.3) is 11.1 Å². The number of hydrogen-bond acceptors (Lipinski definition) is 6. The Morgan fingerprint density at radius 2 is 1.69 bits per heavy atom. The van der Waals surface area contributed by atoms with E-state index < -0.39 is 24.0 Å². The third-order valence-electron chi connectivity index (χ3n) is 5.82. The normalized spacial score (nSPS) is 13.1. The number of carbonyl (C=O) groups excluding carboxylic acids is 2. The molecule has 4 rings (SSSR count). The molecule has 3 aromatic rings. The van der Waals surface area contributed by atoms with Crippen LogP contribution in [-0.4, -0.2) is 40.7 Å². The van der Waals surface area contributed by atoms with Gasteiger partial charge in [-0.3, -0.25) is 4.79 Å². The number of alkyl carbamates (subject to hydrolysis) is 1. The van der Waals surface area contributed by atoms with Crippen LogP contribution in [0.5, 0.6) is 0 Å². The number of benzene rings is 2. The van der Waals surface area contributed by atoms with Crippen LogP contribution in [-0.2, 0) is 16.1 Å². The molecule has 0 spiro atoms. The van der Waals surface area contributed by atoms with Gasteiger partial charge in [0.1, 0.15) is 22.5 Å². The summed E-state index contributed by atoms with van der Waals surface area (Å²) in [7, 11) is 0. The quantitative estimate of drug-likeness (QED) is 0.406. The highest BCUT2D eigenvalue weighted by Crippen LogP contribution is 2.44. The lowest BCUT2D eigenvalue weighted by molar-refractivity contribution is -0.139. The SMILES string of the molecule is CC(C)C[C@H](NC(=O)c1cnc(CNC(=O)OCC2c3ccccc3-c3ccccc32)s1)C(=O)O. The molecule has 1 heterocycles. The van der Waals surface area contributed by atoms with Crippen molar-refractivity contribution in [2.24, 2.45) is 5.92 Å². The molecule has 2 amide bonds. The van der Waals surface area contributed by atoms with Crippen molar-refractivity contribution >= 4 is 29.3 Å². The number of amides is 2. The lowest BCUT2D eigenvalue weighted by atomic mass is 9.98. The molecule has 3 N–H and O–H groups in total. The first-order chi connectivity index (χ1) is 16.8. The lowest BCUT2D eigenvalue weighted by Gasteiger charge is -2.15. The Kier molecular flexibility index (Phi) is 7.45. The van der Waals surface area contributed by atoms with Crippen LogP contribution >= 0.6 is 11.3 Å². The van der Waals surface area contributed by atoms with Gasteiger partial charge in [0.15, 0.2) is 0 Å². The van der Waals surface area contributed by atoms with Crippen molar-refractivity contribution in [1.29, 1.82) is 0 Å². The van der Waals surface area contributed by atoms with E-state index in [-0.39, 0.29) is 29.9 Å². The zero-order valence-corrected chi connectivity index (χ0v) is 20.3. The summed E-state index contributed by atoms with van der Waals surface area (Å²) < 4.78 is 5.51. The standard InChI is InChI=1S/C26H27N3O5S/c1-15(2)11-21(25(31)32)29-24(30)22-12-27-23(35-22)13-28-26(33)34-14-20-18-9-5-3-7-16(18)17-8-4-6-10-19(17)20/h3-10,12,15,20-21H,11,13-14H2,1-2H3,(H,28,33)(H,29,30)(H,31,32)/t21-/m0/s1. The first-order valence-electron chi connectivity index (χ1n) is 11.4. The molecule has 0 saturated heterocycles. The van der Waals surface area contributed by atoms with Gasteiger partial charge in [0, 0.05) is 5.92 Å². The maximum atomic E-state index is 12.4. The van der Waals surface area contributed by atoms with Crippen molar-refractivity contribution in [2.75, 3.05) is 6.61 Å². The molecule has 182 valence electrons. The van der Waals surface area contributed by atoms with E-state index in [1.54, 1.807) is 0 Å². The van der Waals surface area contributed by atoms with Crippen molar-refractivity contribution in [3.8, 4) is 11.1 Å². The molecule has 8 nitrogen and oxygen atoms in total. The highest BCUT2D eigenvalue weighted by Gasteiger charge is 2.29. The zero-order valence-electron chi connectivity index (χ0n) is 19.5. The minimum Gasteiger partial charge on any atom is -0.480 e. The Balaban J connectivity index is 1.30. The molecule has 35 heavy (non-hydrogen) atoms. The molecule has 9 heteroatoms. The monoisotopic (exact) mass is 493 g/mol. The van der Waals surface area contributed by atoms with E-state index in [1.165, 1.54) is 6.20 Å². The molecule has 0 saturated carbocycles. The van der Waals surface area contributed by atoms with Crippen LogP contribution in [0.15, 0.2) is 54.7 Å². The number of thiazole rings is 1. The number of carbonyl (C=O) groups is 3. The molecule has 0 bridgehead atoms. The molecule has 1 aromatic heterocycles. The van der Waals surface area contributed by atoms with Gasteiger partial charge in [-0.1, -0.05) is 62.4 Å². The highest BCUT2D eigenvalue weighted by atomic mass is 32.1. The second-order valence-electron chi connectivity index (χ2n) is 8.79. The van der Waals surface area contributed by atoms with Crippen LogP contribution < -0.4 is 10.6 Å². The summed E-state index contributed by atoms with van der Waals surface area (Å²) in [6, 6.07) is 15.3. The topological polar surface area (TPSA) is 118 Å². The van der Waals surface area contributed by atoms with E-state index in [2.05, 4.69) is 39.9 Å². The molecule has 0 aliphatic heterocycles. The summed E-state index contributed by atoms with van der Waals surface area (Å²) in [5.74, 6) is -1.48. The number of aliphatic carboxylic acids is 1. The lowest BCUT2D eigenvalue weighted by Crippen LogP contribution is -2.41.